The Morgan fingerprint density at radius 3 is 2.46 bits per heavy atom. The quantitative estimate of drug-likeness (QED) is 0.344. The van der Waals surface area contributed by atoms with Crippen molar-refractivity contribution in [1.29, 1.82) is 0 Å². The molecule has 3 heterocycles. The second kappa shape index (κ2) is 11.7. The molecule has 1 fully saturated rings. The van der Waals surface area contributed by atoms with Crippen LogP contribution in [0.1, 0.15) is 86.2 Å². The molecule has 0 aliphatic carbocycles. The van der Waals surface area contributed by atoms with Crippen LogP contribution in [0.3, 0.4) is 0 Å². The SMILES string of the molecule is CC[C@@H](Nc1cc(C(F)F)c(-c2sc(C(=O)N[C@@H](C)C(C)(C)O)nc2C(=O)N2CCC[C@@H]2C)cn1)C(F)(F)F. The molecule has 2 amide bonds. The summed E-state index contributed by atoms with van der Waals surface area (Å²) >= 11 is 0.696. The molecule has 0 bridgehead atoms. The lowest BCUT2D eigenvalue weighted by Crippen LogP contribution is -2.47. The van der Waals surface area contributed by atoms with Gasteiger partial charge in [-0.25, -0.2) is 18.7 Å². The standard InChI is InChI=1S/C25H32F5N5O3S/c1-6-16(25(28,29)30)33-17-10-14(20(26)27)15(11-31-17)19-18(23(37)35-9-7-8-12(35)2)34-22(39-19)21(36)32-13(3)24(4,5)38/h10-13,16,20,38H,6-9H2,1-5H3,(H,31,33)(H,32,36)/t12-,13-,16+/m0/s1. The van der Waals surface area contributed by atoms with Crippen LogP contribution in [0, 0.1) is 0 Å². The predicted molar refractivity (Wildman–Crippen MR) is 137 cm³/mol. The minimum absolute atomic E-state index is 0.0441. The molecule has 1 saturated heterocycles. The number of amides is 2. The van der Waals surface area contributed by atoms with Crippen LogP contribution in [-0.4, -0.2) is 68.2 Å². The Hall–Kier alpha value is -2.87. The topological polar surface area (TPSA) is 107 Å². The van der Waals surface area contributed by atoms with E-state index in [0.29, 0.717) is 17.9 Å². The lowest BCUT2D eigenvalue weighted by atomic mass is 10.0. The average molecular weight is 578 g/mol. The monoisotopic (exact) mass is 577 g/mol. The van der Waals surface area contributed by atoms with Crippen molar-refractivity contribution >= 4 is 29.0 Å². The number of hydrogen-bond acceptors (Lipinski definition) is 7. The predicted octanol–water partition coefficient (Wildman–Crippen LogP) is 5.41. The Kier molecular flexibility index (Phi) is 9.20. The van der Waals surface area contributed by atoms with Crippen molar-refractivity contribution in [3.8, 4) is 10.4 Å². The molecule has 2 aromatic rings. The van der Waals surface area contributed by atoms with Gasteiger partial charge in [-0.1, -0.05) is 6.92 Å². The van der Waals surface area contributed by atoms with Crippen molar-refractivity contribution in [2.45, 2.75) is 90.2 Å². The minimum atomic E-state index is -4.62. The summed E-state index contributed by atoms with van der Waals surface area (Å²) in [6.07, 6.45) is -5.65. The number of nitrogens with one attached hydrogen (secondary N) is 2. The molecule has 2 aromatic heterocycles. The van der Waals surface area contributed by atoms with Gasteiger partial charge in [-0.3, -0.25) is 9.59 Å². The maximum atomic E-state index is 14.2. The Labute approximate surface area is 227 Å². The molecule has 0 aromatic carbocycles. The minimum Gasteiger partial charge on any atom is -0.388 e. The number of alkyl halides is 5. The summed E-state index contributed by atoms with van der Waals surface area (Å²) in [6.45, 7) is 8.12. The number of thiazole rings is 1. The molecule has 1 aliphatic heterocycles. The van der Waals surface area contributed by atoms with Crippen LogP contribution in [0.15, 0.2) is 12.3 Å². The fraction of sp³-hybridized carbons (Fsp3) is 0.600. The van der Waals surface area contributed by atoms with Gasteiger partial charge in [-0.05, 0) is 53.0 Å². The first-order chi connectivity index (χ1) is 18.0. The molecule has 8 nitrogen and oxygen atoms in total. The molecule has 0 spiro atoms. The number of aromatic nitrogens is 2. The van der Waals surface area contributed by atoms with Crippen LogP contribution in [0.25, 0.3) is 10.4 Å². The highest BCUT2D eigenvalue weighted by atomic mass is 32.1. The average Bonchev–Trinajstić information content (AvgIpc) is 3.47. The highest BCUT2D eigenvalue weighted by Crippen LogP contribution is 2.39. The van der Waals surface area contributed by atoms with Gasteiger partial charge in [0.2, 0.25) is 0 Å². The van der Waals surface area contributed by atoms with E-state index in [1.165, 1.54) is 20.8 Å². The molecule has 3 N–H and O–H groups in total. The molecule has 3 atom stereocenters. The van der Waals surface area contributed by atoms with Crippen LogP contribution in [0.5, 0.6) is 0 Å². The smallest absolute Gasteiger partial charge is 0.388 e. The molecule has 0 saturated carbocycles. The molecule has 39 heavy (non-hydrogen) atoms. The molecule has 0 unspecified atom stereocenters. The number of likely N-dealkylation sites (tertiary alicyclic amines) is 1. The van der Waals surface area contributed by atoms with E-state index in [1.54, 1.807) is 11.8 Å². The van der Waals surface area contributed by atoms with E-state index in [2.05, 4.69) is 20.6 Å². The normalized spacial score (nSPS) is 17.8. The van der Waals surface area contributed by atoms with Gasteiger partial charge in [0, 0.05) is 29.9 Å². The summed E-state index contributed by atoms with van der Waals surface area (Å²) in [5.41, 5.74) is -2.37. The maximum absolute atomic E-state index is 14.2. The number of rotatable bonds is 9. The van der Waals surface area contributed by atoms with Gasteiger partial charge < -0.3 is 20.6 Å². The summed E-state index contributed by atoms with van der Waals surface area (Å²) in [4.78, 5) is 36.0. The summed E-state index contributed by atoms with van der Waals surface area (Å²) in [6, 6.07) is -2.02. The van der Waals surface area contributed by atoms with Crippen molar-refractivity contribution in [3.05, 3.63) is 28.5 Å². The molecule has 216 valence electrons. The summed E-state index contributed by atoms with van der Waals surface area (Å²) in [7, 11) is 0. The first-order valence-corrected chi connectivity index (χ1v) is 13.3. The van der Waals surface area contributed by atoms with E-state index in [1.807, 2.05) is 6.92 Å². The van der Waals surface area contributed by atoms with E-state index in [0.717, 1.165) is 25.1 Å². The van der Waals surface area contributed by atoms with Crippen molar-refractivity contribution < 1.29 is 36.6 Å². The first kappa shape index (κ1) is 30.7. The third-order valence-electron chi connectivity index (χ3n) is 6.79. The Balaban J connectivity index is 2.09. The zero-order valence-electron chi connectivity index (χ0n) is 22.2. The lowest BCUT2D eigenvalue weighted by molar-refractivity contribution is -0.142. The van der Waals surface area contributed by atoms with Crippen LogP contribution in [-0.2, 0) is 0 Å². The fourth-order valence-corrected chi connectivity index (χ4v) is 5.06. The van der Waals surface area contributed by atoms with Crippen LogP contribution < -0.4 is 10.6 Å². The fourth-order valence-electron chi connectivity index (χ4n) is 4.06. The van der Waals surface area contributed by atoms with Gasteiger partial charge in [0.15, 0.2) is 5.01 Å². The molecular weight excluding hydrogens is 545 g/mol. The van der Waals surface area contributed by atoms with E-state index in [4.69, 9.17) is 0 Å². The van der Waals surface area contributed by atoms with Gasteiger partial charge in [-0.2, -0.15) is 13.2 Å². The highest BCUT2D eigenvalue weighted by molar-refractivity contribution is 7.17. The number of carbonyl (C=O) groups excluding carboxylic acids is 2. The van der Waals surface area contributed by atoms with Crippen LogP contribution in [0.4, 0.5) is 27.8 Å². The number of hydrogen-bond donors (Lipinski definition) is 3. The summed E-state index contributed by atoms with van der Waals surface area (Å²) in [5, 5.41) is 14.7. The molecule has 14 heteroatoms. The Morgan fingerprint density at radius 2 is 1.95 bits per heavy atom. The molecule has 1 aliphatic rings. The van der Waals surface area contributed by atoms with Crippen molar-refractivity contribution in [1.82, 2.24) is 20.2 Å². The molecule has 0 radical (unpaired) electrons. The van der Waals surface area contributed by atoms with Crippen molar-refractivity contribution in [2.75, 3.05) is 11.9 Å². The number of aliphatic hydroxyl groups is 1. The van der Waals surface area contributed by atoms with Gasteiger partial charge >= 0.3 is 6.18 Å². The van der Waals surface area contributed by atoms with Gasteiger partial charge in [0.25, 0.3) is 18.2 Å². The van der Waals surface area contributed by atoms with Gasteiger partial charge in [-0.15, -0.1) is 11.3 Å². The molecule has 3 rings (SSSR count). The van der Waals surface area contributed by atoms with Gasteiger partial charge in [0.1, 0.15) is 17.6 Å². The first-order valence-electron chi connectivity index (χ1n) is 12.5. The number of anilines is 1. The summed E-state index contributed by atoms with van der Waals surface area (Å²) in [5.74, 6) is -1.67. The van der Waals surface area contributed by atoms with Crippen molar-refractivity contribution in [2.24, 2.45) is 0 Å². The van der Waals surface area contributed by atoms with Crippen LogP contribution in [0.2, 0.25) is 0 Å². The molecular formula is C25H32F5N5O3S. The van der Waals surface area contributed by atoms with E-state index < -0.39 is 53.5 Å². The van der Waals surface area contributed by atoms with Gasteiger partial charge in [0.05, 0.1) is 16.5 Å². The summed E-state index contributed by atoms with van der Waals surface area (Å²) < 4.78 is 68.1. The second-order valence-electron chi connectivity index (χ2n) is 10.1. The Morgan fingerprint density at radius 1 is 1.28 bits per heavy atom. The number of nitrogens with zero attached hydrogens (tertiary/aromatic N) is 3. The van der Waals surface area contributed by atoms with Crippen molar-refractivity contribution in [3.63, 3.8) is 0 Å². The lowest BCUT2D eigenvalue weighted by Gasteiger charge is -2.26. The van der Waals surface area contributed by atoms with E-state index >= 15 is 0 Å². The number of halogens is 5. The number of carbonyl (C=O) groups is 2. The zero-order chi connectivity index (χ0) is 29.3. The zero-order valence-corrected chi connectivity index (χ0v) is 23.0. The third kappa shape index (κ3) is 7.02. The van der Waals surface area contributed by atoms with E-state index in [-0.39, 0.29) is 33.6 Å². The number of pyridine rings is 1. The third-order valence-corrected chi connectivity index (χ3v) is 7.87. The highest BCUT2D eigenvalue weighted by Gasteiger charge is 2.39. The Bertz CT molecular complexity index is 1200. The second-order valence-corrected chi connectivity index (χ2v) is 11.1. The van der Waals surface area contributed by atoms with Crippen LogP contribution >= 0.6 is 11.3 Å². The maximum Gasteiger partial charge on any atom is 0.408 e. The van der Waals surface area contributed by atoms with E-state index in [9.17, 15) is 36.6 Å². The largest absolute Gasteiger partial charge is 0.408 e.